The van der Waals surface area contributed by atoms with E-state index in [0.717, 1.165) is 0 Å². The van der Waals surface area contributed by atoms with E-state index in [1.54, 1.807) is 13.8 Å². The van der Waals surface area contributed by atoms with Crippen LogP contribution in [0.4, 0.5) is 0 Å². The van der Waals surface area contributed by atoms with Gasteiger partial charge in [0.2, 0.25) is 0 Å². The molecule has 0 amide bonds. The van der Waals surface area contributed by atoms with Crippen LogP contribution in [0.15, 0.2) is 0 Å². The molecule has 0 spiro atoms. The standard InChI is InChI=1S/C14H22O5/c1-4-18-13(16)12(14(17)19-5-2)10-7-6-9(3)11(15)8-10/h9-10,12H,4-8H2,1-3H3. The van der Waals surface area contributed by atoms with Crippen LogP contribution in [0, 0.1) is 17.8 Å². The maximum atomic E-state index is 11.9. The average Bonchev–Trinajstić information content (AvgIpc) is 2.34. The molecule has 5 heteroatoms. The summed E-state index contributed by atoms with van der Waals surface area (Å²) in [6.45, 7) is 5.68. The van der Waals surface area contributed by atoms with Crippen molar-refractivity contribution in [1.29, 1.82) is 0 Å². The van der Waals surface area contributed by atoms with Crippen LogP contribution >= 0.6 is 0 Å². The number of ketones is 1. The van der Waals surface area contributed by atoms with Gasteiger partial charge in [-0.25, -0.2) is 0 Å². The van der Waals surface area contributed by atoms with E-state index >= 15 is 0 Å². The number of carbonyl (C=O) groups excluding carboxylic acids is 3. The number of ether oxygens (including phenoxy) is 2. The predicted octanol–water partition coefficient (Wildman–Crippen LogP) is 1.73. The summed E-state index contributed by atoms with van der Waals surface area (Å²) in [6, 6.07) is 0. The summed E-state index contributed by atoms with van der Waals surface area (Å²) in [5.74, 6) is -2.28. The number of carbonyl (C=O) groups is 3. The molecule has 0 N–H and O–H groups in total. The van der Waals surface area contributed by atoms with Crippen LogP contribution in [0.25, 0.3) is 0 Å². The highest BCUT2D eigenvalue weighted by molar-refractivity contribution is 5.96. The Labute approximate surface area is 113 Å². The lowest BCUT2D eigenvalue weighted by molar-refractivity contribution is -0.165. The number of hydrogen-bond donors (Lipinski definition) is 0. The monoisotopic (exact) mass is 270 g/mol. The van der Waals surface area contributed by atoms with Crippen LogP contribution in [0.1, 0.15) is 40.0 Å². The van der Waals surface area contributed by atoms with E-state index in [2.05, 4.69) is 0 Å². The minimum absolute atomic E-state index is 0.0151. The van der Waals surface area contributed by atoms with Crippen LogP contribution in [0.5, 0.6) is 0 Å². The van der Waals surface area contributed by atoms with E-state index in [4.69, 9.17) is 9.47 Å². The SMILES string of the molecule is CCOC(=O)C(C(=O)OCC)C1CCC(C)C(=O)C1. The summed E-state index contributed by atoms with van der Waals surface area (Å²) in [6.07, 6.45) is 1.64. The van der Waals surface area contributed by atoms with E-state index in [-0.39, 0.29) is 37.3 Å². The van der Waals surface area contributed by atoms with Crippen LogP contribution < -0.4 is 0 Å². The fourth-order valence-electron chi connectivity index (χ4n) is 2.42. The molecule has 0 bridgehead atoms. The van der Waals surface area contributed by atoms with Crippen molar-refractivity contribution in [3.63, 3.8) is 0 Å². The summed E-state index contributed by atoms with van der Waals surface area (Å²) in [5, 5.41) is 0. The van der Waals surface area contributed by atoms with Gasteiger partial charge in [0.15, 0.2) is 5.92 Å². The highest BCUT2D eigenvalue weighted by atomic mass is 16.6. The van der Waals surface area contributed by atoms with Crippen molar-refractivity contribution >= 4 is 17.7 Å². The van der Waals surface area contributed by atoms with Crippen molar-refractivity contribution < 1.29 is 23.9 Å². The molecule has 1 aliphatic rings. The van der Waals surface area contributed by atoms with Gasteiger partial charge in [0, 0.05) is 12.3 Å². The first-order valence-electron chi connectivity index (χ1n) is 6.87. The Balaban J connectivity index is 2.81. The van der Waals surface area contributed by atoms with Gasteiger partial charge in [-0.05, 0) is 32.6 Å². The Morgan fingerprint density at radius 1 is 1.16 bits per heavy atom. The first-order valence-corrected chi connectivity index (χ1v) is 6.87. The Bertz CT molecular complexity index is 332. The second kappa shape index (κ2) is 7.26. The van der Waals surface area contributed by atoms with E-state index in [9.17, 15) is 14.4 Å². The second-order valence-electron chi connectivity index (χ2n) is 4.89. The predicted molar refractivity (Wildman–Crippen MR) is 68.3 cm³/mol. The zero-order valence-corrected chi connectivity index (χ0v) is 11.8. The normalized spacial score (nSPS) is 23.3. The molecule has 1 rings (SSSR count). The molecule has 1 fully saturated rings. The molecule has 19 heavy (non-hydrogen) atoms. The van der Waals surface area contributed by atoms with Crippen LogP contribution in [-0.2, 0) is 23.9 Å². The van der Waals surface area contributed by atoms with Crippen molar-refractivity contribution in [2.24, 2.45) is 17.8 Å². The maximum absolute atomic E-state index is 11.9. The van der Waals surface area contributed by atoms with Crippen LogP contribution in [0.2, 0.25) is 0 Å². The van der Waals surface area contributed by atoms with Gasteiger partial charge in [-0.3, -0.25) is 14.4 Å². The van der Waals surface area contributed by atoms with Crippen molar-refractivity contribution in [3.05, 3.63) is 0 Å². The molecule has 0 saturated heterocycles. The van der Waals surface area contributed by atoms with Gasteiger partial charge >= 0.3 is 11.9 Å². The zero-order valence-electron chi connectivity index (χ0n) is 11.8. The molecule has 0 heterocycles. The first-order chi connectivity index (χ1) is 9.01. The highest BCUT2D eigenvalue weighted by Crippen LogP contribution is 2.32. The largest absolute Gasteiger partial charge is 0.465 e. The summed E-state index contributed by atoms with van der Waals surface area (Å²) in [4.78, 5) is 35.6. The lowest BCUT2D eigenvalue weighted by Gasteiger charge is -2.29. The smallest absolute Gasteiger partial charge is 0.320 e. The van der Waals surface area contributed by atoms with Gasteiger partial charge in [0.25, 0.3) is 0 Å². The lowest BCUT2D eigenvalue weighted by atomic mass is 9.75. The summed E-state index contributed by atoms with van der Waals surface area (Å²) >= 11 is 0. The number of rotatable bonds is 5. The average molecular weight is 270 g/mol. The third-order valence-electron chi connectivity index (χ3n) is 3.54. The minimum Gasteiger partial charge on any atom is -0.465 e. The maximum Gasteiger partial charge on any atom is 0.320 e. The van der Waals surface area contributed by atoms with Gasteiger partial charge in [-0.15, -0.1) is 0 Å². The topological polar surface area (TPSA) is 69.7 Å². The summed E-state index contributed by atoms with van der Waals surface area (Å²) in [7, 11) is 0. The molecule has 2 atom stereocenters. The summed E-state index contributed by atoms with van der Waals surface area (Å²) < 4.78 is 9.87. The molecular weight excluding hydrogens is 248 g/mol. The van der Waals surface area contributed by atoms with Crippen LogP contribution in [-0.4, -0.2) is 30.9 Å². The van der Waals surface area contributed by atoms with Gasteiger partial charge in [0.1, 0.15) is 5.78 Å². The second-order valence-corrected chi connectivity index (χ2v) is 4.89. The van der Waals surface area contributed by atoms with Gasteiger partial charge in [-0.2, -0.15) is 0 Å². The summed E-state index contributed by atoms with van der Waals surface area (Å²) in [5.41, 5.74) is 0. The van der Waals surface area contributed by atoms with Crippen molar-refractivity contribution in [2.45, 2.75) is 40.0 Å². The first kappa shape index (κ1) is 15.7. The van der Waals surface area contributed by atoms with Gasteiger partial charge < -0.3 is 9.47 Å². The fraction of sp³-hybridized carbons (Fsp3) is 0.786. The number of hydrogen-bond acceptors (Lipinski definition) is 5. The van der Waals surface area contributed by atoms with Gasteiger partial charge in [0.05, 0.1) is 13.2 Å². The van der Waals surface area contributed by atoms with Crippen molar-refractivity contribution in [3.8, 4) is 0 Å². The number of esters is 2. The minimum atomic E-state index is -0.962. The van der Waals surface area contributed by atoms with E-state index < -0.39 is 17.9 Å². The Morgan fingerprint density at radius 3 is 2.11 bits per heavy atom. The molecule has 5 nitrogen and oxygen atoms in total. The molecule has 108 valence electrons. The van der Waals surface area contributed by atoms with E-state index in [1.807, 2.05) is 6.92 Å². The number of Topliss-reactive ketones (excluding diaryl/α,β-unsaturated/α-hetero) is 1. The fourth-order valence-corrected chi connectivity index (χ4v) is 2.42. The highest BCUT2D eigenvalue weighted by Gasteiger charge is 2.41. The van der Waals surface area contributed by atoms with E-state index in [1.165, 1.54) is 0 Å². The zero-order chi connectivity index (χ0) is 14.4. The molecule has 2 unspecified atom stereocenters. The van der Waals surface area contributed by atoms with Gasteiger partial charge in [-0.1, -0.05) is 6.92 Å². The Hall–Kier alpha value is -1.39. The van der Waals surface area contributed by atoms with Crippen molar-refractivity contribution in [2.75, 3.05) is 13.2 Å². The molecule has 0 aromatic rings. The molecule has 0 aromatic heterocycles. The molecule has 1 saturated carbocycles. The molecular formula is C14H22O5. The third kappa shape index (κ3) is 4.04. The van der Waals surface area contributed by atoms with Crippen molar-refractivity contribution in [1.82, 2.24) is 0 Å². The third-order valence-corrected chi connectivity index (χ3v) is 3.54. The molecule has 0 aliphatic heterocycles. The van der Waals surface area contributed by atoms with Crippen LogP contribution in [0.3, 0.4) is 0 Å². The molecule has 0 radical (unpaired) electrons. The lowest BCUT2D eigenvalue weighted by Crippen LogP contribution is -2.38. The Morgan fingerprint density at radius 2 is 1.68 bits per heavy atom. The molecule has 0 aromatic carbocycles. The molecule has 1 aliphatic carbocycles. The quantitative estimate of drug-likeness (QED) is 0.562. The Kier molecular flexibility index (Phi) is 5.99. The van der Waals surface area contributed by atoms with E-state index in [0.29, 0.717) is 12.8 Å².